The SMILES string of the molecule is Cc1ccccc1CN(C)C(=O)C1CCCN(S(C)(=O)=O)C1. The third-order valence-corrected chi connectivity index (χ3v) is 5.52. The Balaban J connectivity index is 2.03. The van der Waals surface area contributed by atoms with Crippen LogP contribution in [0, 0.1) is 12.8 Å². The average Bonchev–Trinajstić information content (AvgIpc) is 2.48. The van der Waals surface area contributed by atoms with Gasteiger partial charge in [-0.3, -0.25) is 4.79 Å². The smallest absolute Gasteiger partial charge is 0.227 e. The molecule has 0 bridgehead atoms. The summed E-state index contributed by atoms with van der Waals surface area (Å²) in [6.45, 7) is 3.40. The van der Waals surface area contributed by atoms with Gasteiger partial charge in [-0.15, -0.1) is 0 Å². The number of amides is 1. The van der Waals surface area contributed by atoms with Crippen LogP contribution >= 0.6 is 0 Å². The van der Waals surface area contributed by atoms with Crippen LogP contribution in [0.4, 0.5) is 0 Å². The van der Waals surface area contributed by atoms with Crippen molar-refractivity contribution in [2.75, 3.05) is 26.4 Å². The summed E-state index contributed by atoms with van der Waals surface area (Å²) in [6, 6.07) is 7.99. The van der Waals surface area contributed by atoms with Crippen molar-refractivity contribution in [3.63, 3.8) is 0 Å². The number of nitrogens with zero attached hydrogens (tertiary/aromatic N) is 2. The molecule has 1 unspecified atom stereocenters. The number of carbonyl (C=O) groups is 1. The summed E-state index contributed by atoms with van der Waals surface area (Å²) in [6.07, 6.45) is 2.70. The van der Waals surface area contributed by atoms with E-state index in [2.05, 4.69) is 0 Å². The van der Waals surface area contributed by atoms with E-state index in [4.69, 9.17) is 0 Å². The minimum absolute atomic E-state index is 0.0246. The molecule has 0 saturated carbocycles. The van der Waals surface area contributed by atoms with Crippen LogP contribution in [-0.4, -0.2) is 49.9 Å². The van der Waals surface area contributed by atoms with Crippen molar-refractivity contribution < 1.29 is 13.2 Å². The highest BCUT2D eigenvalue weighted by molar-refractivity contribution is 7.88. The first-order chi connectivity index (χ1) is 10.3. The molecule has 1 aromatic carbocycles. The van der Waals surface area contributed by atoms with E-state index in [0.29, 0.717) is 19.6 Å². The van der Waals surface area contributed by atoms with Gasteiger partial charge in [-0.1, -0.05) is 24.3 Å². The zero-order valence-electron chi connectivity index (χ0n) is 13.4. The van der Waals surface area contributed by atoms with E-state index in [9.17, 15) is 13.2 Å². The van der Waals surface area contributed by atoms with Gasteiger partial charge in [-0.05, 0) is 30.9 Å². The summed E-state index contributed by atoms with van der Waals surface area (Å²) in [5.74, 6) is -0.214. The highest BCUT2D eigenvalue weighted by atomic mass is 32.2. The van der Waals surface area contributed by atoms with Gasteiger partial charge in [-0.25, -0.2) is 12.7 Å². The lowest BCUT2D eigenvalue weighted by Crippen LogP contribution is -2.45. The Labute approximate surface area is 133 Å². The third kappa shape index (κ3) is 4.08. The molecule has 0 radical (unpaired) electrons. The number of carbonyl (C=O) groups excluding carboxylic acids is 1. The fourth-order valence-corrected chi connectivity index (χ4v) is 3.79. The van der Waals surface area contributed by atoms with Gasteiger partial charge in [-0.2, -0.15) is 0 Å². The number of piperidine rings is 1. The van der Waals surface area contributed by atoms with Crippen LogP contribution in [0.3, 0.4) is 0 Å². The van der Waals surface area contributed by atoms with Gasteiger partial charge in [0.15, 0.2) is 0 Å². The maximum Gasteiger partial charge on any atom is 0.227 e. The van der Waals surface area contributed by atoms with E-state index in [1.54, 1.807) is 11.9 Å². The van der Waals surface area contributed by atoms with Crippen molar-refractivity contribution in [3.8, 4) is 0 Å². The largest absolute Gasteiger partial charge is 0.341 e. The van der Waals surface area contributed by atoms with Crippen LogP contribution in [-0.2, 0) is 21.4 Å². The molecule has 1 fully saturated rings. The van der Waals surface area contributed by atoms with E-state index in [-0.39, 0.29) is 11.8 Å². The van der Waals surface area contributed by atoms with Gasteiger partial charge in [0.1, 0.15) is 0 Å². The summed E-state index contributed by atoms with van der Waals surface area (Å²) in [7, 11) is -1.44. The number of hydrogen-bond acceptors (Lipinski definition) is 3. The summed E-state index contributed by atoms with van der Waals surface area (Å²) >= 11 is 0. The molecule has 2 rings (SSSR count). The first kappa shape index (κ1) is 17.0. The van der Waals surface area contributed by atoms with Gasteiger partial charge in [0.05, 0.1) is 12.2 Å². The van der Waals surface area contributed by atoms with E-state index in [1.165, 1.54) is 10.6 Å². The van der Waals surface area contributed by atoms with Gasteiger partial charge in [0.2, 0.25) is 15.9 Å². The second-order valence-corrected chi connectivity index (χ2v) is 8.06. The summed E-state index contributed by atoms with van der Waals surface area (Å²) in [5.41, 5.74) is 2.28. The molecule has 0 N–H and O–H groups in total. The molecule has 1 aromatic rings. The minimum Gasteiger partial charge on any atom is -0.341 e. The van der Waals surface area contributed by atoms with Gasteiger partial charge < -0.3 is 4.90 Å². The van der Waals surface area contributed by atoms with Crippen molar-refractivity contribution in [1.29, 1.82) is 0 Å². The fourth-order valence-electron chi connectivity index (χ4n) is 2.88. The van der Waals surface area contributed by atoms with Crippen LogP contribution in [0.5, 0.6) is 0 Å². The second-order valence-electron chi connectivity index (χ2n) is 6.08. The monoisotopic (exact) mass is 324 g/mol. The van der Waals surface area contributed by atoms with Crippen molar-refractivity contribution in [2.45, 2.75) is 26.3 Å². The predicted octanol–water partition coefficient (Wildman–Crippen LogP) is 1.63. The first-order valence-electron chi connectivity index (χ1n) is 7.53. The highest BCUT2D eigenvalue weighted by Gasteiger charge is 2.31. The van der Waals surface area contributed by atoms with Crippen LogP contribution in [0.1, 0.15) is 24.0 Å². The summed E-state index contributed by atoms with van der Waals surface area (Å²) in [5, 5.41) is 0. The molecule has 6 heteroatoms. The molecule has 0 aromatic heterocycles. The first-order valence-corrected chi connectivity index (χ1v) is 9.38. The van der Waals surface area contributed by atoms with Gasteiger partial charge >= 0.3 is 0 Å². The van der Waals surface area contributed by atoms with E-state index in [1.807, 2.05) is 31.2 Å². The molecule has 0 spiro atoms. The molecular weight excluding hydrogens is 300 g/mol. The molecular formula is C16H24N2O3S. The quantitative estimate of drug-likeness (QED) is 0.846. The normalized spacial score (nSPS) is 19.9. The summed E-state index contributed by atoms with van der Waals surface area (Å²) in [4.78, 5) is 14.3. The lowest BCUT2D eigenvalue weighted by molar-refractivity contribution is -0.135. The Morgan fingerprint density at radius 3 is 2.68 bits per heavy atom. The second kappa shape index (κ2) is 6.79. The van der Waals surface area contributed by atoms with Crippen molar-refractivity contribution >= 4 is 15.9 Å². The molecule has 5 nitrogen and oxygen atoms in total. The molecule has 122 valence electrons. The zero-order chi connectivity index (χ0) is 16.3. The molecule has 1 atom stereocenters. The van der Waals surface area contributed by atoms with E-state index < -0.39 is 10.0 Å². The van der Waals surface area contributed by atoms with Crippen molar-refractivity contribution in [1.82, 2.24) is 9.21 Å². The lowest BCUT2D eigenvalue weighted by Gasteiger charge is -2.32. The minimum atomic E-state index is -3.22. The topological polar surface area (TPSA) is 57.7 Å². The molecule has 1 amide bonds. The van der Waals surface area contributed by atoms with Gasteiger partial charge in [0.25, 0.3) is 0 Å². The third-order valence-electron chi connectivity index (χ3n) is 4.25. The number of rotatable bonds is 4. The number of hydrogen-bond donors (Lipinski definition) is 0. The number of aryl methyl sites for hydroxylation is 1. The standard InChI is InChI=1S/C16H24N2O3S/c1-13-7-4-5-8-14(13)11-17(2)16(19)15-9-6-10-18(12-15)22(3,20)21/h4-5,7-8,15H,6,9-12H2,1-3H3. The number of benzene rings is 1. The maximum absolute atomic E-state index is 12.6. The van der Waals surface area contributed by atoms with Crippen LogP contribution < -0.4 is 0 Å². The van der Waals surface area contributed by atoms with E-state index >= 15 is 0 Å². The Hall–Kier alpha value is -1.40. The Morgan fingerprint density at radius 1 is 1.36 bits per heavy atom. The van der Waals surface area contributed by atoms with E-state index in [0.717, 1.165) is 24.0 Å². The van der Waals surface area contributed by atoms with Crippen LogP contribution in [0.15, 0.2) is 24.3 Å². The van der Waals surface area contributed by atoms with Crippen LogP contribution in [0.25, 0.3) is 0 Å². The lowest BCUT2D eigenvalue weighted by atomic mass is 9.98. The Morgan fingerprint density at radius 2 is 2.05 bits per heavy atom. The molecule has 22 heavy (non-hydrogen) atoms. The number of sulfonamides is 1. The molecule has 0 aliphatic carbocycles. The highest BCUT2D eigenvalue weighted by Crippen LogP contribution is 2.21. The van der Waals surface area contributed by atoms with Crippen molar-refractivity contribution in [3.05, 3.63) is 35.4 Å². The Kier molecular flexibility index (Phi) is 5.24. The van der Waals surface area contributed by atoms with Gasteiger partial charge in [0, 0.05) is 26.7 Å². The Bertz CT molecular complexity index is 643. The van der Waals surface area contributed by atoms with Crippen LogP contribution in [0.2, 0.25) is 0 Å². The molecule has 1 heterocycles. The fraction of sp³-hybridized carbons (Fsp3) is 0.562. The maximum atomic E-state index is 12.6. The molecule has 1 aliphatic rings. The zero-order valence-corrected chi connectivity index (χ0v) is 14.3. The average molecular weight is 324 g/mol. The molecule has 1 saturated heterocycles. The van der Waals surface area contributed by atoms with Crippen molar-refractivity contribution in [2.24, 2.45) is 5.92 Å². The predicted molar refractivity (Wildman–Crippen MR) is 86.8 cm³/mol. The molecule has 1 aliphatic heterocycles. The summed E-state index contributed by atoms with van der Waals surface area (Å²) < 4.78 is 24.7.